The number of rotatable bonds is 8. The monoisotopic (exact) mass is 404 g/mol. The summed E-state index contributed by atoms with van der Waals surface area (Å²) >= 11 is 6.20. The van der Waals surface area contributed by atoms with Crippen molar-refractivity contribution in [2.24, 2.45) is 5.10 Å². The van der Waals surface area contributed by atoms with Gasteiger partial charge in [0.2, 0.25) is 5.91 Å². The highest BCUT2D eigenvalue weighted by Gasteiger charge is 2.13. The van der Waals surface area contributed by atoms with E-state index in [1.54, 1.807) is 12.1 Å². The molecule has 1 amide bonds. The second-order valence-electron chi connectivity index (χ2n) is 5.85. The first kappa shape index (κ1) is 21.2. The lowest BCUT2D eigenvalue weighted by Crippen LogP contribution is -2.19. The van der Waals surface area contributed by atoms with Crippen LogP contribution in [0, 0.1) is 6.92 Å². The molecule has 28 heavy (non-hydrogen) atoms. The van der Waals surface area contributed by atoms with Crippen molar-refractivity contribution < 1.29 is 23.8 Å². The van der Waals surface area contributed by atoms with Crippen molar-refractivity contribution in [1.29, 1.82) is 0 Å². The highest BCUT2D eigenvalue weighted by molar-refractivity contribution is 6.32. The summed E-state index contributed by atoms with van der Waals surface area (Å²) in [4.78, 5) is 23.2. The molecule has 0 aliphatic rings. The summed E-state index contributed by atoms with van der Waals surface area (Å²) in [5, 5.41) is 4.17. The molecule has 2 rings (SSSR count). The van der Waals surface area contributed by atoms with E-state index < -0.39 is 5.97 Å². The number of benzene rings is 2. The Morgan fingerprint density at radius 2 is 1.89 bits per heavy atom. The number of amides is 1. The topological polar surface area (TPSA) is 86.2 Å². The van der Waals surface area contributed by atoms with Gasteiger partial charge in [0.15, 0.2) is 18.1 Å². The largest absolute Gasteiger partial charge is 0.493 e. The van der Waals surface area contributed by atoms with Crippen LogP contribution in [-0.2, 0) is 20.7 Å². The van der Waals surface area contributed by atoms with Gasteiger partial charge in [-0.3, -0.25) is 4.79 Å². The molecule has 0 radical (unpaired) electrons. The van der Waals surface area contributed by atoms with Crippen LogP contribution >= 0.6 is 11.6 Å². The SMILES string of the molecule is COC(=O)COc1c(Cl)cc(/C=N/NC(=O)Cc2ccc(C)cc2)cc1OC. The minimum Gasteiger partial charge on any atom is -0.493 e. The molecular formula is C20H21ClN2O5. The number of nitrogens with zero attached hydrogens (tertiary/aromatic N) is 1. The zero-order valence-corrected chi connectivity index (χ0v) is 16.6. The summed E-state index contributed by atoms with van der Waals surface area (Å²) in [5.74, 6) is -0.241. The molecule has 0 saturated carbocycles. The fourth-order valence-corrected chi connectivity index (χ4v) is 2.53. The highest BCUT2D eigenvalue weighted by Crippen LogP contribution is 2.36. The number of aryl methyl sites for hydroxylation is 1. The molecule has 1 N–H and O–H groups in total. The number of halogens is 1. The number of hydrazone groups is 1. The van der Waals surface area contributed by atoms with E-state index in [4.69, 9.17) is 21.1 Å². The first-order chi connectivity index (χ1) is 13.4. The maximum Gasteiger partial charge on any atom is 0.343 e. The van der Waals surface area contributed by atoms with Crippen molar-refractivity contribution in [3.63, 3.8) is 0 Å². The minimum atomic E-state index is -0.542. The molecule has 0 saturated heterocycles. The highest BCUT2D eigenvalue weighted by atomic mass is 35.5. The van der Waals surface area contributed by atoms with Crippen LogP contribution in [0.3, 0.4) is 0 Å². The van der Waals surface area contributed by atoms with Gasteiger partial charge in [0.25, 0.3) is 0 Å². The third-order valence-electron chi connectivity index (χ3n) is 3.70. The van der Waals surface area contributed by atoms with Gasteiger partial charge in [-0.1, -0.05) is 41.4 Å². The van der Waals surface area contributed by atoms with E-state index in [-0.39, 0.29) is 29.7 Å². The van der Waals surface area contributed by atoms with Gasteiger partial charge in [-0.25, -0.2) is 10.2 Å². The van der Waals surface area contributed by atoms with E-state index in [0.717, 1.165) is 11.1 Å². The number of methoxy groups -OCH3 is 2. The van der Waals surface area contributed by atoms with Gasteiger partial charge in [-0.2, -0.15) is 5.10 Å². The van der Waals surface area contributed by atoms with Crippen molar-refractivity contribution in [2.45, 2.75) is 13.3 Å². The first-order valence-corrected chi connectivity index (χ1v) is 8.75. The lowest BCUT2D eigenvalue weighted by molar-refractivity contribution is -0.142. The molecule has 0 aromatic heterocycles. The average Bonchev–Trinajstić information content (AvgIpc) is 2.68. The van der Waals surface area contributed by atoms with Crippen LogP contribution in [0.25, 0.3) is 0 Å². The van der Waals surface area contributed by atoms with Crippen LogP contribution in [-0.4, -0.2) is 38.9 Å². The van der Waals surface area contributed by atoms with Crippen LogP contribution in [0.15, 0.2) is 41.5 Å². The Balaban J connectivity index is 2.00. The number of ether oxygens (including phenoxy) is 3. The van der Waals surface area contributed by atoms with E-state index in [2.05, 4.69) is 15.3 Å². The number of hydrogen-bond donors (Lipinski definition) is 1. The Labute approximate surface area is 168 Å². The molecule has 148 valence electrons. The van der Waals surface area contributed by atoms with Crippen LogP contribution < -0.4 is 14.9 Å². The second kappa shape index (κ2) is 10.3. The Morgan fingerprint density at radius 1 is 1.18 bits per heavy atom. The maximum atomic E-state index is 12.0. The molecule has 8 heteroatoms. The maximum absolute atomic E-state index is 12.0. The predicted octanol–water partition coefficient (Wildman–Crippen LogP) is 2.90. The molecule has 0 aliphatic heterocycles. The molecule has 0 unspecified atom stereocenters. The summed E-state index contributed by atoms with van der Waals surface area (Å²) in [6, 6.07) is 10.9. The van der Waals surface area contributed by atoms with E-state index in [1.807, 2.05) is 31.2 Å². The van der Waals surface area contributed by atoms with Crippen LogP contribution in [0.2, 0.25) is 5.02 Å². The summed E-state index contributed by atoms with van der Waals surface area (Å²) < 4.78 is 15.1. The third-order valence-corrected chi connectivity index (χ3v) is 3.98. The van der Waals surface area contributed by atoms with Crippen molar-refractivity contribution >= 4 is 29.7 Å². The molecule has 0 heterocycles. The van der Waals surface area contributed by atoms with E-state index in [1.165, 1.54) is 20.4 Å². The lowest BCUT2D eigenvalue weighted by atomic mass is 10.1. The van der Waals surface area contributed by atoms with Gasteiger partial charge in [-0.05, 0) is 30.2 Å². The zero-order chi connectivity index (χ0) is 20.5. The van der Waals surface area contributed by atoms with Gasteiger partial charge in [0, 0.05) is 0 Å². The van der Waals surface area contributed by atoms with E-state index >= 15 is 0 Å². The fourth-order valence-electron chi connectivity index (χ4n) is 2.25. The summed E-state index contributed by atoms with van der Waals surface area (Å²) in [5.41, 5.74) is 5.08. The van der Waals surface area contributed by atoms with Crippen LogP contribution in [0.1, 0.15) is 16.7 Å². The summed E-state index contributed by atoms with van der Waals surface area (Å²) in [6.45, 7) is 1.69. The second-order valence-corrected chi connectivity index (χ2v) is 6.26. The number of carbonyl (C=O) groups is 2. The normalized spacial score (nSPS) is 10.6. The molecule has 7 nitrogen and oxygen atoms in total. The zero-order valence-electron chi connectivity index (χ0n) is 15.8. The Morgan fingerprint density at radius 3 is 2.54 bits per heavy atom. The van der Waals surface area contributed by atoms with E-state index in [0.29, 0.717) is 11.3 Å². The smallest absolute Gasteiger partial charge is 0.343 e. The number of nitrogens with one attached hydrogen (secondary N) is 1. The quantitative estimate of drug-likeness (QED) is 0.415. The van der Waals surface area contributed by atoms with E-state index in [9.17, 15) is 9.59 Å². The van der Waals surface area contributed by atoms with Gasteiger partial charge >= 0.3 is 5.97 Å². The van der Waals surface area contributed by atoms with Crippen molar-refractivity contribution in [1.82, 2.24) is 5.43 Å². The van der Waals surface area contributed by atoms with Gasteiger partial charge in [0.1, 0.15) is 0 Å². The molecule has 0 atom stereocenters. The van der Waals surface area contributed by atoms with Crippen LogP contribution in [0.4, 0.5) is 0 Å². The van der Waals surface area contributed by atoms with Crippen molar-refractivity contribution in [3.8, 4) is 11.5 Å². The van der Waals surface area contributed by atoms with Gasteiger partial charge < -0.3 is 14.2 Å². The molecule has 0 fully saturated rings. The summed E-state index contributed by atoms with van der Waals surface area (Å²) in [7, 11) is 2.71. The lowest BCUT2D eigenvalue weighted by Gasteiger charge is -2.12. The molecule has 0 spiro atoms. The number of hydrogen-bond acceptors (Lipinski definition) is 6. The number of carbonyl (C=O) groups excluding carboxylic acids is 2. The van der Waals surface area contributed by atoms with Crippen molar-refractivity contribution in [3.05, 3.63) is 58.1 Å². The van der Waals surface area contributed by atoms with Gasteiger partial charge in [0.05, 0.1) is 31.9 Å². The Hall–Kier alpha value is -3.06. The average molecular weight is 405 g/mol. The standard InChI is InChI=1S/C20H21ClN2O5/c1-13-4-6-14(7-5-13)10-18(24)23-22-11-15-8-16(21)20(17(9-15)26-2)28-12-19(25)27-3/h4-9,11H,10,12H2,1-3H3,(H,23,24)/b22-11+. The predicted molar refractivity (Wildman–Crippen MR) is 106 cm³/mol. The van der Waals surface area contributed by atoms with Gasteiger partial charge in [-0.15, -0.1) is 0 Å². The Kier molecular flexibility index (Phi) is 7.83. The molecule has 2 aromatic rings. The Bertz CT molecular complexity index is 866. The minimum absolute atomic E-state index is 0.218. The number of esters is 1. The van der Waals surface area contributed by atoms with Crippen LogP contribution in [0.5, 0.6) is 11.5 Å². The molecule has 0 bridgehead atoms. The molecular weight excluding hydrogens is 384 g/mol. The molecule has 0 aliphatic carbocycles. The fraction of sp³-hybridized carbons (Fsp3) is 0.250. The first-order valence-electron chi connectivity index (χ1n) is 8.37. The molecule has 2 aromatic carbocycles. The third kappa shape index (κ3) is 6.28. The van der Waals surface area contributed by atoms with Crippen molar-refractivity contribution in [2.75, 3.05) is 20.8 Å². The summed E-state index contributed by atoms with van der Waals surface area (Å²) in [6.07, 6.45) is 1.66.